The van der Waals surface area contributed by atoms with Gasteiger partial charge in [-0.1, -0.05) is 41.9 Å². The molecule has 0 N–H and O–H groups in total. The standard InChI is InChI=1S/C22H16ClF3N2O/c23-16-11-9-14(10-12-16)20-18(13-15-5-4-8-19(15)29)21(22(24,25)26)27-28(20)17-6-2-1-3-7-17/h1-3,6-7,9-13H,4-5,8H2/b15-13+. The molecule has 1 saturated carbocycles. The molecule has 2 aromatic carbocycles. The maximum Gasteiger partial charge on any atom is 0.435 e. The highest BCUT2D eigenvalue weighted by atomic mass is 35.5. The van der Waals surface area contributed by atoms with E-state index in [0.717, 1.165) is 0 Å². The second-order valence-electron chi connectivity index (χ2n) is 6.81. The monoisotopic (exact) mass is 416 g/mol. The molecule has 0 radical (unpaired) electrons. The van der Waals surface area contributed by atoms with E-state index >= 15 is 0 Å². The summed E-state index contributed by atoms with van der Waals surface area (Å²) in [5.74, 6) is -0.118. The summed E-state index contributed by atoms with van der Waals surface area (Å²) in [6.07, 6.45) is -1.85. The fraction of sp³-hybridized carbons (Fsp3) is 0.182. The minimum atomic E-state index is -4.67. The van der Waals surface area contributed by atoms with Gasteiger partial charge >= 0.3 is 6.18 Å². The number of carbonyl (C=O) groups excluding carboxylic acids is 1. The number of rotatable bonds is 3. The van der Waals surface area contributed by atoms with Crippen molar-refractivity contribution in [3.05, 3.63) is 76.5 Å². The molecule has 148 valence electrons. The lowest BCUT2D eigenvalue weighted by Gasteiger charge is -2.10. The summed E-state index contributed by atoms with van der Waals surface area (Å²) in [5, 5.41) is 4.39. The average Bonchev–Trinajstić information content (AvgIpc) is 3.27. The van der Waals surface area contributed by atoms with Crippen molar-refractivity contribution in [2.24, 2.45) is 0 Å². The highest BCUT2D eigenvalue weighted by Gasteiger charge is 2.39. The SMILES string of the molecule is O=C1CCC/C1=C\c1c(C(F)(F)F)nn(-c2ccccc2)c1-c1ccc(Cl)cc1. The summed E-state index contributed by atoms with van der Waals surface area (Å²) in [5.41, 5.74) is 0.571. The smallest absolute Gasteiger partial charge is 0.295 e. The molecule has 0 spiro atoms. The zero-order chi connectivity index (χ0) is 20.6. The number of aromatic nitrogens is 2. The summed E-state index contributed by atoms with van der Waals surface area (Å²) in [4.78, 5) is 12.1. The third kappa shape index (κ3) is 3.85. The molecule has 1 aliphatic rings. The first-order valence-corrected chi connectivity index (χ1v) is 9.48. The van der Waals surface area contributed by atoms with Crippen molar-refractivity contribution in [2.75, 3.05) is 0 Å². The van der Waals surface area contributed by atoms with Gasteiger partial charge in [-0.15, -0.1) is 0 Å². The third-order valence-corrected chi connectivity index (χ3v) is 5.09. The number of halogens is 4. The number of ketones is 1. The number of hydrogen-bond acceptors (Lipinski definition) is 2. The topological polar surface area (TPSA) is 34.9 Å². The van der Waals surface area contributed by atoms with Gasteiger partial charge in [0.1, 0.15) is 0 Å². The van der Waals surface area contributed by atoms with Gasteiger partial charge in [-0.2, -0.15) is 18.3 Å². The van der Waals surface area contributed by atoms with Crippen LogP contribution in [0.2, 0.25) is 5.02 Å². The molecule has 0 atom stereocenters. The number of nitrogens with zero attached hydrogens (tertiary/aromatic N) is 2. The number of carbonyl (C=O) groups is 1. The van der Waals surface area contributed by atoms with E-state index in [-0.39, 0.29) is 17.0 Å². The Morgan fingerprint density at radius 2 is 1.69 bits per heavy atom. The summed E-state index contributed by atoms with van der Waals surface area (Å²) in [6.45, 7) is 0. The summed E-state index contributed by atoms with van der Waals surface area (Å²) >= 11 is 5.97. The second-order valence-corrected chi connectivity index (χ2v) is 7.25. The molecule has 1 aliphatic carbocycles. The Hall–Kier alpha value is -2.86. The molecule has 0 aliphatic heterocycles. The van der Waals surface area contributed by atoms with Crippen LogP contribution in [0.1, 0.15) is 30.5 Å². The van der Waals surface area contributed by atoms with Gasteiger partial charge in [0.05, 0.1) is 11.4 Å². The molecule has 1 heterocycles. The van der Waals surface area contributed by atoms with Crippen molar-refractivity contribution < 1.29 is 18.0 Å². The van der Waals surface area contributed by atoms with E-state index in [4.69, 9.17) is 11.6 Å². The van der Waals surface area contributed by atoms with Crippen molar-refractivity contribution in [3.8, 4) is 16.9 Å². The van der Waals surface area contributed by atoms with Crippen LogP contribution in [0.4, 0.5) is 13.2 Å². The zero-order valence-corrected chi connectivity index (χ0v) is 16.0. The Morgan fingerprint density at radius 1 is 1.00 bits per heavy atom. The highest BCUT2D eigenvalue weighted by Crippen LogP contribution is 2.40. The molecule has 0 amide bonds. The maximum atomic E-state index is 13.9. The van der Waals surface area contributed by atoms with Crippen molar-refractivity contribution in [1.29, 1.82) is 0 Å². The van der Waals surface area contributed by atoms with Gasteiger partial charge in [0.25, 0.3) is 0 Å². The molecule has 0 saturated heterocycles. The molecule has 3 nitrogen and oxygen atoms in total. The van der Waals surface area contributed by atoms with Crippen LogP contribution in [0, 0.1) is 0 Å². The third-order valence-electron chi connectivity index (χ3n) is 4.84. The fourth-order valence-corrected chi connectivity index (χ4v) is 3.61. The van der Waals surface area contributed by atoms with Crippen molar-refractivity contribution in [2.45, 2.75) is 25.4 Å². The Bertz CT molecular complexity index is 1080. The Kier molecular flexibility index (Phi) is 5.04. The summed E-state index contributed by atoms with van der Waals surface area (Å²) in [7, 11) is 0. The van der Waals surface area contributed by atoms with Crippen LogP contribution >= 0.6 is 11.6 Å². The van der Waals surface area contributed by atoms with E-state index in [2.05, 4.69) is 5.10 Å². The second kappa shape index (κ2) is 7.52. The average molecular weight is 417 g/mol. The number of hydrogen-bond donors (Lipinski definition) is 0. The molecule has 4 rings (SSSR count). The molecule has 29 heavy (non-hydrogen) atoms. The minimum absolute atomic E-state index is 0.103. The Balaban J connectivity index is 2.04. The van der Waals surface area contributed by atoms with Crippen molar-refractivity contribution >= 4 is 23.5 Å². The Morgan fingerprint density at radius 3 is 2.28 bits per heavy atom. The largest absolute Gasteiger partial charge is 0.435 e. The number of allylic oxidation sites excluding steroid dienone is 1. The van der Waals surface area contributed by atoms with E-state index in [1.165, 1.54) is 10.8 Å². The first-order chi connectivity index (χ1) is 13.8. The van der Waals surface area contributed by atoms with Crippen LogP contribution in [0.3, 0.4) is 0 Å². The van der Waals surface area contributed by atoms with Gasteiger partial charge in [-0.3, -0.25) is 4.79 Å². The van der Waals surface area contributed by atoms with Crippen LogP contribution in [-0.4, -0.2) is 15.6 Å². The molecule has 3 aromatic rings. The maximum absolute atomic E-state index is 13.9. The van der Waals surface area contributed by atoms with Crippen LogP contribution in [0.15, 0.2) is 60.2 Å². The lowest BCUT2D eigenvalue weighted by molar-refractivity contribution is -0.141. The molecular formula is C22H16ClF3N2O. The van der Waals surface area contributed by atoms with Crippen LogP contribution < -0.4 is 0 Å². The van der Waals surface area contributed by atoms with E-state index in [1.54, 1.807) is 54.6 Å². The van der Waals surface area contributed by atoms with Gasteiger partial charge in [-0.25, -0.2) is 4.68 Å². The first kappa shape index (κ1) is 19.5. The molecule has 0 unspecified atom stereocenters. The fourth-order valence-electron chi connectivity index (χ4n) is 3.48. The van der Waals surface area contributed by atoms with E-state index in [0.29, 0.717) is 41.1 Å². The Labute approximate surface area is 170 Å². The van der Waals surface area contributed by atoms with E-state index < -0.39 is 11.9 Å². The predicted molar refractivity (Wildman–Crippen MR) is 106 cm³/mol. The van der Waals surface area contributed by atoms with Crippen LogP contribution in [0.25, 0.3) is 23.0 Å². The number of alkyl halides is 3. The van der Waals surface area contributed by atoms with Crippen LogP contribution in [0.5, 0.6) is 0 Å². The lowest BCUT2D eigenvalue weighted by Crippen LogP contribution is -2.09. The molecule has 0 bridgehead atoms. The molecule has 1 aromatic heterocycles. The van der Waals surface area contributed by atoms with Gasteiger partial charge in [0.2, 0.25) is 0 Å². The number of benzene rings is 2. The van der Waals surface area contributed by atoms with Crippen LogP contribution in [-0.2, 0) is 11.0 Å². The lowest BCUT2D eigenvalue weighted by atomic mass is 10.0. The van der Waals surface area contributed by atoms with Gasteiger partial charge in [0.15, 0.2) is 11.5 Å². The van der Waals surface area contributed by atoms with E-state index in [9.17, 15) is 18.0 Å². The molecule has 1 fully saturated rings. The molecular weight excluding hydrogens is 401 g/mol. The van der Waals surface area contributed by atoms with Crippen molar-refractivity contribution in [1.82, 2.24) is 9.78 Å². The predicted octanol–water partition coefficient (Wildman–Crippen LogP) is 6.35. The van der Waals surface area contributed by atoms with Gasteiger partial charge in [0, 0.05) is 22.6 Å². The highest BCUT2D eigenvalue weighted by molar-refractivity contribution is 6.30. The summed E-state index contributed by atoms with van der Waals surface area (Å²) in [6, 6.07) is 15.1. The number of Topliss-reactive ketones (excluding diaryl/α,β-unsaturated/α-hetero) is 1. The quantitative estimate of drug-likeness (QED) is 0.466. The number of para-hydroxylation sites is 1. The first-order valence-electron chi connectivity index (χ1n) is 9.10. The minimum Gasteiger partial charge on any atom is -0.295 e. The van der Waals surface area contributed by atoms with Gasteiger partial charge in [-0.05, 0) is 48.8 Å². The zero-order valence-electron chi connectivity index (χ0n) is 15.2. The van der Waals surface area contributed by atoms with E-state index in [1.807, 2.05) is 0 Å². The summed E-state index contributed by atoms with van der Waals surface area (Å²) < 4.78 is 43.0. The van der Waals surface area contributed by atoms with Crippen molar-refractivity contribution in [3.63, 3.8) is 0 Å². The molecule has 7 heteroatoms. The normalized spacial score (nSPS) is 16.0. The van der Waals surface area contributed by atoms with Gasteiger partial charge < -0.3 is 0 Å².